The van der Waals surface area contributed by atoms with Gasteiger partial charge < -0.3 is 5.32 Å². The van der Waals surface area contributed by atoms with E-state index in [-0.39, 0.29) is 5.91 Å². The maximum Gasteiger partial charge on any atom is 0.244 e. The predicted octanol–water partition coefficient (Wildman–Crippen LogP) is 2.75. The van der Waals surface area contributed by atoms with E-state index in [0.717, 1.165) is 22.3 Å². The standard InChI is InChI=1S/C16H13NO/c18-16-10-15(12-6-2-1-3-7-12)14-9-5-4-8-13(14)11-17-16/h1-10H,11H2,(H,17,18). The monoisotopic (exact) mass is 235 g/mol. The van der Waals surface area contributed by atoms with Gasteiger partial charge in [0.25, 0.3) is 0 Å². The van der Waals surface area contributed by atoms with Gasteiger partial charge in [0.15, 0.2) is 0 Å². The maximum absolute atomic E-state index is 11.7. The Kier molecular flexibility index (Phi) is 2.69. The summed E-state index contributed by atoms with van der Waals surface area (Å²) >= 11 is 0. The van der Waals surface area contributed by atoms with E-state index in [2.05, 4.69) is 17.4 Å². The Bertz CT molecular complexity index is 614. The molecule has 1 amide bonds. The molecule has 0 fully saturated rings. The summed E-state index contributed by atoms with van der Waals surface area (Å²) in [6, 6.07) is 18.1. The predicted molar refractivity (Wildman–Crippen MR) is 71.8 cm³/mol. The van der Waals surface area contributed by atoms with Gasteiger partial charge in [0.1, 0.15) is 0 Å². The molecule has 1 heterocycles. The third-order valence-corrected chi connectivity index (χ3v) is 3.12. The number of carbonyl (C=O) groups excluding carboxylic acids is 1. The quantitative estimate of drug-likeness (QED) is 0.809. The van der Waals surface area contributed by atoms with Gasteiger partial charge in [0.05, 0.1) is 0 Å². The minimum absolute atomic E-state index is 0.0370. The summed E-state index contributed by atoms with van der Waals surface area (Å²) in [5, 5.41) is 2.89. The van der Waals surface area contributed by atoms with Crippen LogP contribution in [0, 0.1) is 0 Å². The van der Waals surface area contributed by atoms with Crippen molar-refractivity contribution in [2.75, 3.05) is 0 Å². The Morgan fingerprint density at radius 2 is 1.61 bits per heavy atom. The first-order valence-corrected chi connectivity index (χ1v) is 5.98. The second-order valence-corrected chi connectivity index (χ2v) is 4.30. The van der Waals surface area contributed by atoms with Crippen molar-refractivity contribution in [1.82, 2.24) is 5.32 Å². The van der Waals surface area contributed by atoms with E-state index in [9.17, 15) is 4.79 Å². The molecule has 1 aliphatic rings. The molecule has 18 heavy (non-hydrogen) atoms. The van der Waals surface area contributed by atoms with E-state index in [1.165, 1.54) is 0 Å². The summed E-state index contributed by atoms with van der Waals surface area (Å²) in [5.74, 6) is -0.0370. The summed E-state index contributed by atoms with van der Waals surface area (Å²) < 4.78 is 0. The van der Waals surface area contributed by atoms with E-state index < -0.39 is 0 Å². The summed E-state index contributed by atoms with van der Waals surface area (Å²) in [5.41, 5.74) is 4.34. The summed E-state index contributed by atoms with van der Waals surface area (Å²) in [6.07, 6.45) is 1.68. The number of hydrogen-bond donors (Lipinski definition) is 1. The minimum atomic E-state index is -0.0370. The SMILES string of the molecule is O=C1C=C(c2ccccc2)c2ccccc2CN1. The lowest BCUT2D eigenvalue weighted by Gasteiger charge is -2.09. The van der Waals surface area contributed by atoms with Crippen molar-refractivity contribution in [3.8, 4) is 0 Å². The molecule has 0 bridgehead atoms. The number of nitrogens with one attached hydrogen (secondary N) is 1. The van der Waals surface area contributed by atoms with E-state index in [1.807, 2.05) is 42.5 Å². The van der Waals surface area contributed by atoms with E-state index in [1.54, 1.807) is 6.08 Å². The van der Waals surface area contributed by atoms with Crippen LogP contribution < -0.4 is 5.32 Å². The Morgan fingerprint density at radius 3 is 2.44 bits per heavy atom. The van der Waals surface area contributed by atoms with Gasteiger partial charge in [-0.15, -0.1) is 0 Å². The lowest BCUT2D eigenvalue weighted by Crippen LogP contribution is -2.18. The highest BCUT2D eigenvalue weighted by Gasteiger charge is 2.15. The van der Waals surface area contributed by atoms with Gasteiger partial charge in [-0.1, -0.05) is 54.6 Å². The van der Waals surface area contributed by atoms with Crippen LogP contribution in [0.25, 0.3) is 5.57 Å². The van der Waals surface area contributed by atoms with Crippen molar-refractivity contribution in [2.24, 2.45) is 0 Å². The van der Waals surface area contributed by atoms with Gasteiger partial charge in [-0.25, -0.2) is 0 Å². The van der Waals surface area contributed by atoms with Crippen LogP contribution in [0.1, 0.15) is 16.7 Å². The first-order chi connectivity index (χ1) is 8.84. The number of rotatable bonds is 1. The van der Waals surface area contributed by atoms with Gasteiger partial charge in [0, 0.05) is 12.6 Å². The maximum atomic E-state index is 11.7. The molecular formula is C16H13NO. The molecule has 2 aromatic carbocycles. The molecule has 0 aromatic heterocycles. The molecule has 0 unspecified atom stereocenters. The number of benzene rings is 2. The van der Waals surface area contributed by atoms with Crippen LogP contribution in [0.2, 0.25) is 0 Å². The third-order valence-electron chi connectivity index (χ3n) is 3.12. The topological polar surface area (TPSA) is 29.1 Å². The Balaban J connectivity index is 2.19. The molecule has 88 valence electrons. The highest BCUT2D eigenvalue weighted by Crippen LogP contribution is 2.27. The fourth-order valence-electron chi connectivity index (χ4n) is 2.24. The molecule has 0 saturated heterocycles. The second kappa shape index (κ2) is 4.49. The van der Waals surface area contributed by atoms with Gasteiger partial charge in [-0.2, -0.15) is 0 Å². The van der Waals surface area contributed by atoms with Crippen LogP contribution in [0.5, 0.6) is 0 Å². The van der Waals surface area contributed by atoms with Crippen molar-refractivity contribution in [2.45, 2.75) is 6.54 Å². The number of amides is 1. The lowest BCUT2D eigenvalue weighted by molar-refractivity contribution is -0.116. The molecule has 3 rings (SSSR count). The summed E-state index contributed by atoms with van der Waals surface area (Å²) in [4.78, 5) is 11.7. The van der Waals surface area contributed by atoms with Crippen LogP contribution in [0.15, 0.2) is 60.7 Å². The van der Waals surface area contributed by atoms with E-state index in [4.69, 9.17) is 0 Å². The first kappa shape index (κ1) is 10.8. The van der Waals surface area contributed by atoms with Crippen LogP contribution in [-0.2, 0) is 11.3 Å². The highest BCUT2D eigenvalue weighted by molar-refractivity contribution is 6.00. The number of hydrogen-bond acceptors (Lipinski definition) is 1. The third kappa shape index (κ3) is 1.93. The van der Waals surface area contributed by atoms with Gasteiger partial charge in [-0.05, 0) is 22.3 Å². The zero-order chi connectivity index (χ0) is 12.4. The molecular weight excluding hydrogens is 222 g/mol. The minimum Gasteiger partial charge on any atom is -0.348 e. The molecule has 2 aromatic rings. The smallest absolute Gasteiger partial charge is 0.244 e. The second-order valence-electron chi connectivity index (χ2n) is 4.30. The molecule has 0 atom stereocenters. The normalized spacial score (nSPS) is 14.2. The fraction of sp³-hybridized carbons (Fsp3) is 0.0625. The molecule has 0 aliphatic carbocycles. The van der Waals surface area contributed by atoms with Crippen molar-refractivity contribution in [3.05, 3.63) is 77.4 Å². The summed E-state index contributed by atoms with van der Waals surface area (Å²) in [6.45, 7) is 0.585. The fourth-order valence-corrected chi connectivity index (χ4v) is 2.24. The Hall–Kier alpha value is -2.35. The molecule has 1 aliphatic heterocycles. The summed E-state index contributed by atoms with van der Waals surface area (Å²) in [7, 11) is 0. The largest absolute Gasteiger partial charge is 0.348 e. The van der Waals surface area contributed by atoms with Crippen molar-refractivity contribution in [1.29, 1.82) is 0 Å². The van der Waals surface area contributed by atoms with Crippen LogP contribution in [-0.4, -0.2) is 5.91 Å². The van der Waals surface area contributed by atoms with Crippen LogP contribution >= 0.6 is 0 Å². The van der Waals surface area contributed by atoms with Gasteiger partial charge in [0.2, 0.25) is 5.91 Å². The molecule has 0 saturated carbocycles. The van der Waals surface area contributed by atoms with Crippen LogP contribution in [0.3, 0.4) is 0 Å². The zero-order valence-electron chi connectivity index (χ0n) is 9.89. The molecule has 0 spiro atoms. The Labute approximate surface area is 106 Å². The zero-order valence-corrected chi connectivity index (χ0v) is 9.89. The van der Waals surface area contributed by atoms with Crippen molar-refractivity contribution in [3.63, 3.8) is 0 Å². The van der Waals surface area contributed by atoms with Crippen molar-refractivity contribution >= 4 is 11.5 Å². The Morgan fingerprint density at radius 1 is 0.889 bits per heavy atom. The molecule has 1 N–H and O–H groups in total. The average Bonchev–Trinajstić information content (AvgIpc) is 2.60. The number of fused-ring (bicyclic) bond motifs is 1. The van der Waals surface area contributed by atoms with E-state index in [0.29, 0.717) is 6.54 Å². The number of carbonyl (C=O) groups is 1. The van der Waals surface area contributed by atoms with Gasteiger partial charge >= 0.3 is 0 Å². The van der Waals surface area contributed by atoms with E-state index >= 15 is 0 Å². The molecule has 2 heteroatoms. The van der Waals surface area contributed by atoms with Crippen LogP contribution in [0.4, 0.5) is 0 Å². The van der Waals surface area contributed by atoms with Crippen molar-refractivity contribution < 1.29 is 4.79 Å². The van der Waals surface area contributed by atoms with Gasteiger partial charge in [-0.3, -0.25) is 4.79 Å². The average molecular weight is 235 g/mol. The molecule has 0 radical (unpaired) electrons. The lowest BCUT2D eigenvalue weighted by atomic mass is 9.94. The molecule has 2 nitrogen and oxygen atoms in total. The highest BCUT2D eigenvalue weighted by atomic mass is 16.1. The first-order valence-electron chi connectivity index (χ1n) is 5.98.